The largest absolute Gasteiger partial charge is 0.421 e. The maximum Gasteiger partial charge on any atom is 0.343 e. The van der Waals surface area contributed by atoms with Crippen LogP contribution in [0.3, 0.4) is 0 Å². The van der Waals surface area contributed by atoms with E-state index in [1.54, 1.807) is 12.1 Å². The molecule has 3 heteroatoms. The molecule has 0 saturated heterocycles. The molecule has 0 unspecified atom stereocenters. The van der Waals surface area contributed by atoms with Gasteiger partial charge in [0.05, 0.1) is 17.3 Å². The molecule has 0 aliphatic carbocycles. The molecule has 1 aromatic heterocycles. The van der Waals surface area contributed by atoms with Crippen LogP contribution < -0.4 is 4.74 Å². The fourth-order valence-electron chi connectivity index (χ4n) is 2.76. The van der Waals surface area contributed by atoms with E-state index >= 15 is 0 Å². The molecule has 4 aromatic rings. The van der Waals surface area contributed by atoms with Crippen molar-refractivity contribution in [1.29, 1.82) is 0 Å². The van der Waals surface area contributed by atoms with Crippen LogP contribution in [-0.4, -0.2) is 10.5 Å². The van der Waals surface area contributed by atoms with E-state index in [1.807, 2.05) is 83.6 Å². The predicted molar refractivity (Wildman–Crippen MR) is 94.7 cm³/mol. The van der Waals surface area contributed by atoms with E-state index in [0.29, 0.717) is 11.3 Å². The monoisotopic (exact) mass is 313 g/mol. The highest BCUT2D eigenvalue weighted by atomic mass is 16.5. The minimum atomic E-state index is -0.355. The summed E-state index contributed by atoms with van der Waals surface area (Å²) in [6, 6.07) is 26.9. The molecule has 0 bridgehead atoms. The van der Waals surface area contributed by atoms with Crippen molar-refractivity contribution in [1.82, 2.24) is 4.57 Å². The lowest BCUT2D eigenvalue weighted by atomic mass is 10.2. The molecule has 3 aromatic carbocycles. The lowest BCUT2D eigenvalue weighted by Crippen LogP contribution is -2.07. The van der Waals surface area contributed by atoms with Crippen molar-refractivity contribution in [3.63, 3.8) is 0 Å². The Bertz CT molecular complexity index is 988. The number of ether oxygens (including phenoxy) is 1. The number of para-hydroxylation sites is 2. The van der Waals surface area contributed by atoms with E-state index in [-0.39, 0.29) is 5.97 Å². The first-order valence-corrected chi connectivity index (χ1v) is 7.76. The number of hydrogen-bond donors (Lipinski definition) is 0. The van der Waals surface area contributed by atoms with E-state index in [1.165, 1.54) is 0 Å². The van der Waals surface area contributed by atoms with Gasteiger partial charge in [0, 0.05) is 11.1 Å². The topological polar surface area (TPSA) is 31.2 Å². The van der Waals surface area contributed by atoms with Gasteiger partial charge in [0.1, 0.15) is 0 Å². The summed E-state index contributed by atoms with van der Waals surface area (Å²) in [5.41, 5.74) is 2.56. The molecule has 0 fully saturated rings. The summed E-state index contributed by atoms with van der Waals surface area (Å²) < 4.78 is 7.69. The minimum absolute atomic E-state index is 0.355. The Labute approximate surface area is 139 Å². The van der Waals surface area contributed by atoms with E-state index in [2.05, 4.69) is 0 Å². The molecule has 3 nitrogen and oxygen atoms in total. The first-order chi connectivity index (χ1) is 11.8. The molecule has 0 radical (unpaired) electrons. The van der Waals surface area contributed by atoms with E-state index in [4.69, 9.17) is 4.74 Å². The van der Waals surface area contributed by atoms with Crippen LogP contribution in [-0.2, 0) is 0 Å². The van der Waals surface area contributed by atoms with Crippen LogP contribution in [0.4, 0.5) is 0 Å². The summed E-state index contributed by atoms with van der Waals surface area (Å²) >= 11 is 0. The zero-order valence-electron chi connectivity index (χ0n) is 12.9. The number of nitrogens with zero attached hydrogens (tertiary/aromatic N) is 1. The van der Waals surface area contributed by atoms with Gasteiger partial charge in [-0.05, 0) is 36.4 Å². The number of rotatable bonds is 3. The number of aromatic nitrogens is 1. The van der Waals surface area contributed by atoms with Gasteiger partial charge in [-0.3, -0.25) is 0 Å². The van der Waals surface area contributed by atoms with Crippen molar-refractivity contribution in [3.05, 3.63) is 96.7 Å². The fourth-order valence-corrected chi connectivity index (χ4v) is 2.76. The number of hydrogen-bond acceptors (Lipinski definition) is 2. The van der Waals surface area contributed by atoms with Gasteiger partial charge in [0.25, 0.3) is 0 Å². The van der Waals surface area contributed by atoms with Crippen molar-refractivity contribution in [2.45, 2.75) is 0 Å². The predicted octanol–water partition coefficient (Wildman–Crippen LogP) is 4.85. The first kappa shape index (κ1) is 14.3. The van der Waals surface area contributed by atoms with Crippen LogP contribution in [0.25, 0.3) is 16.6 Å². The average molecular weight is 313 g/mol. The van der Waals surface area contributed by atoms with Gasteiger partial charge in [-0.15, -0.1) is 0 Å². The lowest BCUT2D eigenvalue weighted by molar-refractivity contribution is 0.0737. The van der Waals surface area contributed by atoms with Gasteiger partial charge in [-0.1, -0.05) is 48.5 Å². The standard InChI is InChI=1S/C21H15NO2/c23-21(16-9-3-1-4-10-16)24-20-15-22(17-11-5-2-6-12-17)19-14-8-7-13-18(19)20/h1-15H. The third-order valence-corrected chi connectivity index (χ3v) is 3.92. The summed E-state index contributed by atoms with van der Waals surface area (Å²) in [6.07, 6.45) is 1.86. The number of benzene rings is 3. The van der Waals surface area contributed by atoms with Crippen LogP contribution in [0, 0.1) is 0 Å². The molecule has 0 N–H and O–H groups in total. The van der Waals surface area contributed by atoms with Gasteiger partial charge in [-0.2, -0.15) is 0 Å². The highest BCUT2D eigenvalue weighted by molar-refractivity contribution is 5.95. The van der Waals surface area contributed by atoms with Crippen molar-refractivity contribution in [2.75, 3.05) is 0 Å². The van der Waals surface area contributed by atoms with Crippen LogP contribution in [0.5, 0.6) is 5.75 Å². The van der Waals surface area contributed by atoms with Gasteiger partial charge < -0.3 is 9.30 Å². The quantitative estimate of drug-likeness (QED) is 0.506. The molecular weight excluding hydrogens is 298 g/mol. The molecule has 0 saturated carbocycles. The number of esters is 1. The van der Waals surface area contributed by atoms with Crippen molar-refractivity contribution in [3.8, 4) is 11.4 Å². The van der Waals surface area contributed by atoms with Crippen LogP contribution in [0.15, 0.2) is 91.1 Å². The Hall–Kier alpha value is -3.33. The van der Waals surface area contributed by atoms with Gasteiger partial charge >= 0.3 is 5.97 Å². The first-order valence-electron chi connectivity index (χ1n) is 7.76. The molecule has 0 atom stereocenters. The SMILES string of the molecule is O=C(Oc1cn(-c2ccccc2)c2ccccc12)c1ccccc1. The fraction of sp³-hybridized carbons (Fsp3) is 0. The minimum Gasteiger partial charge on any atom is -0.421 e. The molecule has 1 heterocycles. The zero-order valence-corrected chi connectivity index (χ0v) is 12.9. The Morgan fingerprint density at radius 3 is 2.12 bits per heavy atom. The zero-order chi connectivity index (χ0) is 16.4. The van der Waals surface area contributed by atoms with Crippen molar-refractivity contribution >= 4 is 16.9 Å². The third kappa shape index (κ3) is 2.57. The lowest BCUT2D eigenvalue weighted by Gasteiger charge is -2.03. The smallest absolute Gasteiger partial charge is 0.343 e. The highest BCUT2D eigenvalue weighted by Gasteiger charge is 2.14. The Balaban J connectivity index is 1.78. The second-order valence-electron chi connectivity index (χ2n) is 5.47. The van der Waals surface area contributed by atoms with Crippen LogP contribution in [0.1, 0.15) is 10.4 Å². The van der Waals surface area contributed by atoms with E-state index in [9.17, 15) is 4.79 Å². The number of carbonyl (C=O) groups excluding carboxylic acids is 1. The molecule has 0 aliphatic heterocycles. The van der Waals surface area contributed by atoms with Gasteiger partial charge in [0.2, 0.25) is 0 Å². The maximum absolute atomic E-state index is 12.4. The van der Waals surface area contributed by atoms with Crippen molar-refractivity contribution in [2.24, 2.45) is 0 Å². The number of fused-ring (bicyclic) bond motifs is 1. The van der Waals surface area contributed by atoms with E-state index in [0.717, 1.165) is 16.6 Å². The third-order valence-electron chi connectivity index (χ3n) is 3.92. The molecule has 116 valence electrons. The van der Waals surface area contributed by atoms with Crippen LogP contribution >= 0.6 is 0 Å². The molecule has 0 amide bonds. The summed E-state index contributed by atoms with van der Waals surface area (Å²) in [7, 11) is 0. The second kappa shape index (κ2) is 6.05. The number of carbonyl (C=O) groups is 1. The van der Waals surface area contributed by atoms with Crippen molar-refractivity contribution < 1.29 is 9.53 Å². The Morgan fingerprint density at radius 2 is 1.38 bits per heavy atom. The van der Waals surface area contributed by atoms with Gasteiger partial charge in [-0.25, -0.2) is 4.79 Å². The highest BCUT2D eigenvalue weighted by Crippen LogP contribution is 2.31. The van der Waals surface area contributed by atoms with Crippen LogP contribution in [0.2, 0.25) is 0 Å². The maximum atomic E-state index is 12.4. The molecule has 0 spiro atoms. The summed E-state index contributed by atoms with van der Waals surface area (Å²) in [6.45, 7) is 0. The molecule has 24 heavy (non-hydrogen) atoms. The molecular formula is C21H15NO2. The summed E-state index contributed by atoms with van der Waals surface area (Å²) in [5, 5.41) is 0.908. The summed E-state index contributed by atoms with van der Waals surface area (Å²) in [4.78, 5) is 12.4. The second-order valence-corrected chi connectivity index (χ2v) is 5.47. The Morgan fingerprint density at radius 1 is 0.750 bits per heavy atom. The normalized spacial score (nSPS) is 10.7. The average Bonchev–Trinajstić information content (AvgIpc) is 3.02. The molecule has 0 aliphatic rings. The van der Waals surface area contributed by atoms with E-state index < -0.39 is 0 Å². The van der Waals surface area contributed by atoms with Gasteiger partial charge in [0.15, 0.2) is 5.75 Å². The molecule has 4 rings (SSSR count). The summed E-state index contributed by atoms with van der Waals surface area (Å²) in [5.74, 6) is 0.204. The Kier molecular flexibility index (Phi) is 3.60.